The van der Waals surface area contributed by atoms with Gasteiger partial charge in [0.15, 0.2) is 5.17 Å². The van der Waals surface area contributed by atoms with Gasteiger partial charge in [-0.2, -0.15) is 0 Å². The first-order valence-electron chi connectivity index (χ1n) is 5.45. The molecular weight excluding hydrogens is 216 g/mol. The molecule has 0 amide bonds. The molecule has 2 rings (SSSR count). The van der Waals surface area contributed by atoms with Gasteiger partial charge in [0.25, 0.3) is 0 Å². The van der Waals surface area contributed by atoms with Crippen LogP contribution in [0.15, 0.2) is 41.4 Å². The first-order chi connectivity index (χ1) is 7.90. The van der Waals surface area contributed by atoms with Crippen molar-refractivity contribution in [3.05, 3.63) is 42.0 Å². The van der Waals surface area contributed by atoms with Gasteiger partial charge >= 0.3 is 0 Å². The summed E-state index contributed by atoms with van der Waals surface area (Å²) in [7, 11) is 0. The molecule has 1 heterocycles. The lowest BCUT2D eigenvalue weighted by atomic mass is 10.2. The van der Waals surface area contributed by atoms with Crippen LogP contribution in [-0.2, 0) is 0 Å². The van der Waals surface area contributed by atoms with Crippen LogP contribution in [0.25, 0.3) is 6.08 Å². The number of benzene rings is 1. The van der Waals surface area contributed by atoms with Crippen LogP contribution in [0.5, 0.6) is 0 Å². The van der Waals surface area contributed by atoms with Crippen LogP contribution in [0.3, 0.4) is 0 Å². The fourth-order valence-corrected chi connectivity index (χ4v) is 2.35. The maximum atomic E-state index is 4.43. The Kier molecular flexibility index (Phi) is 4.05. The van der Waals surface area contributed by atoms with Gasteiger partial charge < -0.3 is 4.90 Å². The van der Waals surface area contributed by atoms with Crippen LogP contribution in [0, 0.1) is 0 Å². The number of thioether (sulfide) groups is 1. The Balaban J connectivity index is 1.88. The summed E-state index contributed by atoms with van der Waals surface area (Å²) in [5.41, 5.74) is 1.25. The highest BCUT2D eigenvalue weighted by atomic mass is 32.2. The van der Waals surface area contributed by atoms with Gasteiger partial charge in [0.05, 0.1) is 6.54 Å². The van der Waals surface area contributed by atoms with Crippen LogP contribution in [-0.4, -0.2) is 36.0 Å². The van der Waals surface area contributed by atoms with E-state index in [0.29, 0.717) is 0 Å². The highest BCUT2D eigenvalue weighted by molar-refractivity contribution is 8.13. The molecule has 1 aliphatic rings. The van der Waals surface area contributed by atoms with E-state index in [4.69, 9.17) is 0 Å². The molecule has 16 heavy (non-hydrogen) atoms. The fraction of sp³-hybridized carbons (Fsp3) is 0.308. The van der Waals surface area contributed by atoms with Crippen molar-refractivity contribution in [2.75, 3.05) is 25.9 Å². The van der Waals surface area contributed by atoms with Gasteiger partial charge in [-0.05, 0) is 11.8 Å². The van der Waals surface area contributed by atoms with E-state index in [1.807, 2.05) is 6.07 Å². The topological polar surface area (TPSA) is 15.6 Å². The molecule has 0 aliphatic carbocycles. The van der Waals surface area contributed by atoms with Crippen LogP contribution in [0.1, 0.15) is 5.56 Å². The van der Waals surface area contributed by atoms with Crippen LogP contribution < -0.4 is 0 Å². The zero-order valence-electron chi connectivity index (χ0n) is 9.47. The standard InChI is InChI=1S/C13H16N2S/c1-16-13-14-9-11-15(13)10-5-8-12-6-3-2-4-7-12/h2-8H,9-11H2,1H3. The molecule has 0 N–H and O–H groups in total. The Hall–Kier alpha value is -1.22. The first-order valence-corrected chi connectivity index (χ1v) is 6.67. The number of nitrogens with zero attached hydrogens (tertiary/aromatic N) is 2. The normalized spacial score (nSPS) is 15.8. The third-order valence-corrected chi connectivity index (χ3v) is 3.26. The number of amidine groups is 1. The smallest absolute Gasteiger partial charge is 0.159 e. The third-order valence-electron chi connectivity index (χ3n) is 2.51. The molecule has 0 aromatic heterocycles. The highest BCUT2D eigenvalue weighted by Crippen LogP contribution is 2.11. The van der Waals surface area contributed by atoms with Crippen LogP contribution in [0.2, 0.25) is 0 Å². The van der Waals surface area contributed by atoms with E-state index in [0.717, 1.165) is 24.8 Å². The van der Waals surface area contributed by atoms with Gasteiger partial charge in [-0.25, -0.2) is 0 Å². The van der Waals surface area contributed by atoms with Crippen molar-refractivity contribution in [1.29, 1.82) is 0 Å². The van der Waals surface area contributed by atoms with E-state index < -0.39 is 0 Å². The molecule has 0 radical (unpaired) electrons. The summed E-state index contributed by atoms with van der Waals surface area (Å²) >= 11 is 1.73. The Morgan fingerprint density at radius 2 is 2.19 bits per heavy atom. The van der Waals surface area contributed by atoms with Gasteiger partial charge in [0.2, 0.25) is 0 Å². The van der Waals surface area contributed by atoms with Crippen molar-refractivity contribution in [1.82, 2.24) is 4.90 Å². The number of rotatable bonds is 3. The Labute approximate surface area is 101 Å². The van der Waals surface area contributed by atoms with E-state index >= 15 is 0 Å². The average molecular weight is 232 g/mol. The zero-order chi connectivity index (χ0) is 11.2. The monoisotopic (exact) mass is 232 g/mol. The van der Waals surface area contributed by atoms with Crippen molar-refractivity contribution in [3.8, 4) is 0 Å². The molecule has 1 aromatic rings. The van der Waals surface area contributed by atoms with E-state index in [1.165, 1.54) is 5.56 Å². The molecule has 84 valence electrons. The molecule has 3 heteroatoms. The highest BCUT2D eigenvalue weighted by Gasteiger charge is 2.13. The molecule has 1 aromatic carbocycles. The predicted octanol–water partition coefficient (Wildman–Crippen LogP) is 2.73. The van der Waals surface area contributed by atoms with Crippen LogP contribution >= 0.6 is 11.8 Å². The molecule has 0 atom stereocenters. The largest absolute Gasteiger partial charge is 0.346 e. The van der Waals surface area contributed by atoms with E-state index in [1.54, 1.807) is 11.8 Å². The lowest BCUT2D eigenvalue weighted by Gasteiger charge is -2.16. The second-order valence-electron chi connectivity index (χ2n) is 3.63. The molecular formula is C13H16N2S. The van der Waals surface area contributed by atoms with Gasteiger partial charge in [-0.3, -0.25) is 4.99 Å². The quantitative estimate of drug-likeness (QED) is 0.796. The van der Waals surface area contributed by atoms with Gasteiger partial charge in [-0.15, -0.1) is 0 Å². The van der Waals surface area contributed by atoms with E-state index in [9.17, 15) is 0 Å². The molecule has 0 spiro atoms. The number of hydrogen-bond donors (Lipinski definition) is 0. The zero-order valence-corrected chi connectivity index (χ0v) is 10.3. The van der Waals surface area contributed by atoms with Crippen molar-refractivity contribution in [2.45, 2.75) is 0 Å². The summed E-state index contributed by atoms with van der Waals surface area (Å²) in [5.74, 6) is 0. The maximum Gasteiger partial charge on any atom is 0.159 e. The summed E-state index contributed by atoms with van der Waals surface area (Å²) < 4.78 is 0. The van der Waals surface area contributed by atoms with E-state index in [-0.39, 0.29) is 0 Å². The molecule has 0 bridgehead atoms. The van der Waals surface area contributed by atoms with Crippen molar-refractivity contribution >= 4 is 23.0 Å². The summed E-state index contributed by atoms with van der Waals surface area (Å²) in [6, 6.07) is 10.4. The van der Waals surface area contributed by atoms with Crippen LogP contribution in [0.4, 0.5) is 0 Å². The molecule has 1 aliphatic heterocycles. The third kappa shape index (κ3) is 2.89. The predicted molar refractivity (Wildman–Crippen MR) is 72.9 cm³/mol. The minimum absolute atomic E-state index is 0.940. The minimum atomic E-state index is 0.940. The molecule has 0 saturated carbocycles. The maximum absolute atomic E-state index is 4.43. The van der Waals surface area contributed by atoms with Crippen molar-refractivity contribution in [3.63, 3.8) is 0 Å². The molecule has 0 fully saturated rings. The second kappa shape index (κ2) is 5.75. The average Bonchev–Trinajstić information content (AvgIpc) is 2.78. The Morgan fingerprint density at radius 1 is 1.38 bits per heavy atom. The Bertz CT molecular complexity index is 384. The summed E-state index contributed by atoms with van der Waals surface area (Å²) in [4.78, 5) is 6.74. The van der Waals surface area contributed by atoms with E-state index in [2.05, 4.69) is 52.6 Å². The summed E-state index contributed by atoms with van der Waals surface area (Å²) in [6.07, 6.45) is 6.45. The minimum Gasteiger partial charge on any atom is -0.346 e. The molecule has 2 nitrogen and oxygen atoms in total. The molecule has 0 unspecified atom stereocenters. The van der Waals surface area contributed by atoms with Gasteiger partial charge in [-0.1, -0.05) is 54.2 Å². The molecule has 0 saturated heterocycles. The number of hydrogen-bond acceptors (Lipinski definition) is 3. The SMILES string of the molecule is CSC1=NCCN1CC=Cc1ccccc1. The Morgan fingerprint density at radius 3 is 2.94 bits per heavy atom. The van der Waals surface area contributed by atoms with Crippen molar-refractivity contribution < 1.29 is 0 Å². The van der Waals surface area contributed by atoms with Crippen molar-refractivity contribution in [2.24, 2.45) is 4.99 Å². The number of aliphatic imine (C=N–C) groups is 1. The fourth-order valence-electron chi connectivity index (χ4n) is 1.71. The summed E-state index contributed by atoms with van der Waals surface area (Å²) in [6.45, 7) is 2.94. The summed E-state index contributed by atoms with van der Waals surface area (Å²) in [5, 5.41) is 1.16. The lowest BCUT2D eigenvalue weighted by molar-refractivity contribution is 0.515. The lowest BCUT2D eigenvalue weighted by Crippen LogP contribution is -2.25. The van der Waals surface area contributed by atoms with Gasteiger partial charge in [0, 0.05) is 13.1 Å². The first kappa shape index (κ1) is 11.3. The van der Waals surface area contributed by atoms with Gasteiger partial charge in [0.1, 0.15) is 0 Å². The second-order valence-corrected chi connectivity index (χ2v) is 4.40.